The van der Waals surface area contributed by atoms with Gasteiger partial charge in [0.05, 0.1) is 17.9 Å². The summed E-state index contributed by atoms with van der Waals surface area (Å²) in [4.78, 5) is 23.6. The zero-order chi connectivity index (χ0) is 24.8. The number of anilines is 3. The van der Waals surface area contributed by atoms with Gasteiger partial charge < -0.3 is 25.6 Å². The van der Waals surface area contributed by atoms with E-state index in [2.05, 4.69) is 34.9 Å². The SMILES string of the molecule is CCOC(=O)c1ccc(NC(=S)N[C@H]2CC[C@@H](Nc3nc4c(c(N(C)C)n3)CCCC4)CC2)cc1. The number of nitrogens with one attached hydrogen (secondary N) is 3. The zero-order valence-electron chi connectivity index (χ0n) is 20.9. The van der Waals surface area contributed by atoms with Crippen LogP contribution in [0.2, 0.25) is 0 Å². The van der Waals surface area contributed by atoms with E-state index in [9.17, 15) is 4.79 Å². The number of aryl methyl sites for hydroxylation is 1. The molecule has 2 aliphatic carbocycles. The van der Waals surface area contributed by atoms with Crippen LogP contribution in [0.4, 0.5) is 17.5 Å². The summed E-state index contributed by atoms with van der Waals surface area (Å²) in [5, 5.41) is 10.8. The number of hydrogen-bond donors (Lipinski definition) is 3. The highest BCUT2D eigenvalue weighted by Gasteiger charge is 2.24. The number of aromatic nitrogens is 2. The molecule has 1 fully saturated rings. The first-order valence-corrected chi connectivity index (χ1v) is 13.0. The highest BCUT2D eigenvalue weighted by molar-refractivity contribution is 7.80. The second kappa shape index (κ2) is 11.7. The molecule has 9 heteroatoms. The molecule has 1 aromatic carbocycles. The molecular formula is C26H36N6O2S. The summed E-state index contributed by atoms with van der Waals surface area (Å²) >= 11 is 5.52. The molecule has 0 bridgehead atoms. The van der Waals surface area contributed by atoms with Gasteiger partial charge in [-0.05, 0) is 94.8 Å². The Kier molecular flexibility index (Phi) is 8.38. The molecule has 3 N–H and O–H groups in total. The molecule has 35 heavy (non-hydrogen) atoms. The first-order valence-electron chi connectivity index (χ1n) is 12.6. The van der Waals surface area contributed by atoms with Crippen molar-refractivity contribution in [2.24, 2.45) is 0 Å². The lowest BCUT2D eigenvalue weighted by atomic mass is 9.91. The summed E-state index contributed by atoms with van der Waals surface area (Å²) in [6.07, 6.45) is 8.65. The Morgan fingerprint density at radius 1 is 1.06 bits per heavy atom. The van der Waals surface area contributed by atoms with Gasteiger partial charge in [0.1, 0.15) is 5.82 Å². The molecule has 2 aromatic rings. The van der Waals surface area contributed by atoms with Crippen LogP contribution in [-0.4, -0.2) is 53.8 Å². The molecule has 1 heterocycles. The quantitative estimate of drug-likeness (QED) is 0.383. The number of nitrogens with zero attached hydrogens (tertiary/aromatic N) is 3. The van der Waals surface area contributed by atoms with Crippen LogP contribution < -0.4 is 20.9 Å². The van der Waals surface area contributed by atoms with E-state index < -0.39 is 0 Å². The highest BCUT2D eigenvalue weighted by Crippen LogP contribution is 2.29. The maximum atomic E-state index is 11.8. The number of rotatable bonds is 7. The fraction of sp³-hybridized carbons (Fsp3) is 0.538. The number of ether oxygens (including phenoxy) is 1. The van der Waals surface area contributed by atoms with E-state index in [-0.39, 0.29) is 5.97 Å². The molecule has 0 radical (unpaired) electrons. The van der Waals surface area contributed by atoms with Crippen molar-refractivity contribution in [1.82, 2.24) is 15.3 Å². The molecule has 0 aliphatic heterocycles. The topological polar surface area (TPSA) is 91.4 Å². The molecule has 0 unspecified atom stereocenters. The Balaban J connectivity index is 1.26. The van der Waals surface area contributed by atoms with Crippen LogP contribution >= 0.6 is 12.2 Å². The Morgan fingerprint density at radius 3 is 2.43 bits per heavy atom. The Bertz CT molecular complexity index is 1030. The standard InChI is InChI=1S/C26H36N6O2S/c1-4-34-24(33)17-9-11-19(12-10-17)28-26(35)29-20-15-13-18(14-16-20)27-25-30-22-8-6-5-7-21(22)23(31-25)32(2)3/h9-12,18,20H,4-8,13-16H2,1-3H3,(H,27,30,31)(H2,28,29,35)/t18-,20+. The van der Waals surface area contributed by atoms with Gasteiger partial charge in [-0.1, -0.05) is 0 Å². The highest BCUT2D eigenvalue weighted by atomic mass is 32.1. The van der Waals surface area contributed by atoms with Gasteiger partial charge in [0.2, 0.25) is 5.95 Å². The summed E-state index contributed by atoms with van der Waals surface area (Å²) in [6, 6.07) is 7.84. The van der Waals surface area contributed by atoms with Gasteiger partial charge in [-0.3, -0.25) is 0 Å². The monoisotopic (exact) mass is 496 g/mol. The van der Waals surface area contributed by atoms with Crippen molar-refractivity contribution in [3.8, 4) is 0 Å². The summed E-state index contributed by atoms with van der Waals surface area (Å²) in [5.74, 6) is 1.50. The van der Waals surface area contributed by atoms with Crippen molar-refractivity contribution in [3.63, 3.8) is 0 Å². The smallest absolute Gasteiger partial charge is 0.338 e. The second-order valence-electron chi connectivity index (χ2n) is 9.49. The minimum Gasteiger partial charge on any atom is -0.462 e. The summed E-state index contributed by atoms with van der Waals surface area (Å²) in [6.45, 7) is 2.16. The lowest BCUT2D eigenvalue weighted by Gasteiger charge is -2.31. The van der Waals surface area contributed by atoms with E-state index in [0.29, 0.717) is 29.4 Å². The van der Waals surface area contributed by atoms with Crippen molar-refractivity contribution in [3.05, 3.63) is 41.1 Å². The van der Waals surface area contributed by atoms with Crippen LogP contribution in [0.25, 0.3) is 0 Å². The molecule has 8 nitrogen and oxygen atoms in total. The van der Waals surface area contributed by atoms with Crippen LogP contribution in [0.5, 0.6) is 0 Å². The van der Waals surface area contributed by atoms with E-state index in [1.54, 1.807) is 19.1 Å². The predicted octanol–water partition coefficient (Wildman–Crippen LogP) is 4.31. The molecule has 0 spiro atoms. The van der Waals surface area contributed by atoms with Crippen molar-refractivity contribution >= 4 is 40.8 Å². The maximum absolute atomic E-state index is 11.8. The van der Waals surface area contributed by atoms with Crippen molar-refractivity contribution in [2.45, 2.75) is 70.4 Å². The lowest BCUT2D eigenvalue weighted by molar-refractivity contribution is 0.0526. The molecule has 188 valence electrons. The fourth-order valence-electron chi connectivity index (χ4n) is 4.83. The Hall–Kier alpha value is -2.94. The fourth-order valence-corrected chi connectivity index (χ4v) is 5.11. The molecule has 0 saturated heterocycles. The van der Waals surface area contributed by atoms with Crippen molar-refractivity contribution in [2.75, 3.05) is 36.2 Å². The number of esters is 1. The second-order valence-corrected chi connectivity index (χ2v) is 9.90. The number of carbonyl (C=O) groups is 1. The van der Waals surface area contributed by atoms with E-state index in [0.717, 1.165) is 56.0 Å². The number of benzene rings is 1. The Labute approximate surface area is 213 Å². The average Bonchev–Trinajstić information content (AvgIpc) is 2.85. The van der Waals surface area contributed by atoms with E-state index in [4.69, 9.17) is 26.9 Å². The average molecular weight is 497 g/mol. The van der Waals surface area contributed by atoms with Gasteiger partial charge in [-0.2, -0.15) is 4.98 Å². The molecule has 1 saturated carbocycles. The van der Waals surface area contributed by atoms with Crippen molar-refractivity contribution in [1.29, 1.82) is 0 Å². The van der Waals surface area contributed by atoms with Crippen LogP contribution in [-0.2, 0) is 17.6 Å². The van der Waals surface area contributed by atoms with Gasteiger partial charge in [0.15, 0.2) is 5.11 Å². The normalized spacial score (nSPS) is 19.3. The minimum atomic E-state index is -0.316. The zero-order valence-corrected chi connectivity index (χ0v) is 21.7. The third-order valence-electron chi connectivity index (χ3n) is 6.63. The number of carbonyl (C=O) groups excluding carboxylic acids is 1. The molecule has 0 atom stereocenters. The third kappa shape index (κ3) is 6.60. The number of thiocarbonyl (C=S) groups is 1. The van der Waals surface area contributed by atoms with Crippen LogP contribution in [0, 0.1) is 0 Å². The molecule has 4 rings (SSSR count). The van der Waals surface area contributed by atoms with E-state index in [1.807, 2.05) is 12.1 Å². The lowest BCUT2D eigenvalue weighted by Crippen LogP contribution is -2.42. The molecule has 0 amide bonds. The van der Waals surface area contributed by atoms with Gasteiger partial charge >= 0.3 is 5.97 Å². The summed E-state index contributed by atoms with van der Waals surface area (Å²) in [7, 11) is 4.12. The molecule has 2 aliphatic rings. The first-order chi connectivity index (χ1) is 16.9. The van der Waals surface area contributed by atoms with Gasteiger partial charge in [0.25, 0.3) is 0 Å². The van der Waals surface area contributed by atoms with E-state index >= 15 is 0 Å². The molecule has 1 aromatic heterocycles. The van der Waals surface area contributed by atoms with Crippen molar-refractivity contribution < 1.29 is 9.53 Å². The van der Waals surface area contributed by atoms with Gasteiger partial charge in [-0.25, -0.2) is 9.78 Å². The summed E-state index contributed by atoms with van der Waals surface area (Å²) in [5.41, 5.74) is 3.89. The van der Waals surface area contributed by atoms with Crippen LogP contribution in [0.3, 0.4) is 0 Å². The van der Waals surface area contributed by atoms with Gasteiger partial charge in [-0.15, -0.1) is 0 Å². The maximum Gasteiger partial charge on any atom is 0.338 e. The first kappa shape index (κ1) is 25.2. The number of hydrogen-bond acceptors (Lipinski definition) is 7. The van der Waals surface area contributed by atoms with E-state index in [1.165, 1.54) is 24.1 Å². The molecular weight excluding hydrogens is 460 g/mol. The Morgan fingerprint density at radius 2 is 1.74 bits per heavy atom. The van der Waals surface area contributed by atoms with Gasteiger partial charge in [0, 0.05) is 37.4 Å². The largest absolute Gasteiger partial charge is 0.462 e. The third-order valence-corrected chi connectivity index (χ3v) is 6.85. The number of fused-ring (bicyclic) bond motifs is 1. The summed E-state index contributed by atoms with van der Waals surface area (Å²) < 4.78 is 5.02. The minimum absolute atomic E-state index is 0.316. The predicted molar refractivity (Wildman–Crippen MR) is 144 cm³/mol. The van der Waals surface area contributed by atoms with Crippen LogP contribution in [0.1, 0.15) is 67.1 Å². The van der Waals surface area contributed by atoms with Crippen LogP contribution in [0.15, 0.2) is 24.3 Å².